The maximum absolute atomic E-state index is 6.11. The van der Waals surface area contributed by atoms with Crippen molar-refractivity contribution in [3.8, 4) is 5.75 Å². The fourth-order valence-electron chi connectivity index (χ4n) is 3.18. The number of benzene rings is 1. The van der Waals surface area contributed by atoms with E-state index in [0.29, 0.717) is 25.0 Å². The smallest absolute Gasteiger partial charge is 0.189 e. The molecule has 2 atom stereocenters. The van der Waals surface area contributed by atoms with E-state index >= 15 is 0 Å². The maximum atomic E-state index is 6.11. The Morgan fingerprint density at radius 3 is 2.92 bits per heavy atom. The van der Waals surface area contributed by atoms with Crippen LogP contribution in [-0.2, 0) is 6.54 Å². The highest BCUT2D eigenvalue weighted by atomic mass is 127. The number of para-hydroxylation sites is 1. The number of hydrogen-bond acceptors (Lipinski definition) is 3. The second kappa shape index (κ2) is 9.25. The highest BCUT2D eigenvalue weighted by molar-refractivity contribution is 14.0. The van der Waals surface area contributed by atoms with Crippen molar-refractivity contribution in [3.05, 3.63) is 47.3 Å². The van der Waals surface area contributed by atoms with E-state index in [9.17, 15) is 0 Å². The molecule has 0 saturated heterocycles. The molecule has 2 aromatic rings. The second-order valence-corrected chi connectivity index (χ2v) is 6.81. The molecule has 0 fully saturated rings. The summed E-state index contributed by atoms with van der Waals surface area (Å²) in [6.07, 6.45) is 0.883. The predicted octanol–water partition coefficient (Wildman–Crippen LogP) is 3.18. The molecule has 3 N–H and O–H groups in total. The number of aryl methyl sites for hydroxylation is 2. The third kappa shape index (κ3) is 5.12. The van der Waals surface area contributed by atoms with E-state index in [2.05, 4.69) is 41.4 Å². The van der Waals surface area contributed by atoms with Gasteiger partial charge in [0.05, 0.1) is 18.3 Å². The molecular formula is C19H28IN5O. The van der Waals surface area contributed by atoms with Gasteiger partial charge in [0.1, 0.15) is 5.75 Å². The molecule has 0 aliphatic carbocycles. The summed E-state index contributed by atoms with van der Waals surface area (Å²) in [6.45, 7) is 8.46. The Hall–Kier alpha value is -1.77. The number of fused-ring (bicyclic) bond motifs is 1. The number of nitrogens with two attached hydrogens (primary N) is 1. The molecule has 0 radical (unpaired) electrons. The fourth-order valence-corrected chi connectivity index (χ4v) is 3.18. The number of rotatable bonds is 5. The van der Waals surface area contributed by atoms with Gasteiger partial charge in [0.15, 0.2) is 5.96 Å². The minimum Gasteiger partial charge on any atom is -0.493 e. The summed E-state index contributed by atoms with van der Waals surface area (Å²) in [5.74, 6) is 1.78. The predicted molar refractivity (Wildman–Crippen MR) is 115 cm³/mol. The van der Waals surface area contributed by atoms with Gasteiger partial charge in [0, 0.05) is 30.8 Å². The summed E-state index contributed by atoms with van der Waals surface area (Å²) in [5.41, 5.74) is 9.48. The van der Waals surface area contributed by atoms with Crippen LogP contribution in [0.3, 0.4) is 0 Å². The van der Waals surface area contributed by atoms with Crippen molar-refractivity contribution in [3.63, 3.8) is 0 Å². The van der Waals surface area contributed by atoms with Crippen molar-refractivity contribution >= 4 is 29.9 Å². The van der Waals surface area contributed by atoms with Crippen molar-refractivity contribution in [1.82, 2.24) is 15.1 Å². The average Bonchev–Trinajstić information content (AvgIpc) is 2.90. The van der Waals surface area contributed by atoms with Gasteiger partial charge in [-0.15, -0.1) is 24.0 Å². The zero-order chi connectivity index (χ0) is 17.8. The summed E-state index contributed by atoms with van der Waals surface area (Å²) >= 11 is 0. The molecule has 7 heteroatoms. The molecule has 0 amide bonds. The summed E-state index contributed by atoms with van der Waals surface area (Å²) in [4.78, 5) is 4.53. The van der Waals surface area contributed by atoms with Crippen molar-refractivity contribution in [2.75, 3.05) is 13.2 Å². The number of nitrogens with zero attached hydrogens (tertiary/aromatic N) is 3. The third-order valence-corrected chi connectivity index (χ3v) is 4.44. The summed E-state index contributed by atoms with van der Waals surface area (Å²) in [5, 5.41) is 7.84. The van der Waals surface area contributed by atoms with Gasteiger partial charge in [-0.25, -0.2) is 0 Å². The number of aliphatic imine (C=N–C) groups is 1. The van der Waals surface area contributed by atoms with Crippen LogP contribution in [0.1, 0.15) is 36.3 Å². The summed E-state index contributed by atoms with van der Waals surface area (Å²) in [7, 11) is 0. The molecule has 1 aromatic carbocycles. The first-order chi connectivity index (χ1) is 12.0. The van der Waals surface area contributed by atoms with Crippen LogP contribution in [0.4, 0.5) is 0 Å². The average molecular weight is 469 g/mol. The van der Waals surface area contributed by atoms with Crippen molar-refractivity contribution in [2.45, 2.75) is 39.8 Å². The molecule has 6 nitrogen and oxygen atoms in total. The molecule has 1 aliphatic heterocycles. The molecule has 0 spiro atoms. The number of hydrogen-bond donors (Lipinski definition) is 2. The van der Waals surface area contributed by atoms with E-state index in [1.165, 1.54) is 5.69 Å². The zero-order valence-corrected chi connectivity index (χ0v) is 17.9. The van der Waals surface area contributed by atoms with E-state index < -0.39 is 0 Å². The van der Waals surface area contributed by atoms with Crippen LogP contribution >= 0.6 is 24.0 Å². The lowest BCUT2D eigenvalue weighted by Crippen LogP contribution is -2.37. The molecule has 1 aliphatic rings. The van der Waals surface area contributed by atoms with Gasteiger partial charge in [-0.1, -0.05) is 25.1 Å². The number of guanidine groups is 1. The Morgan fingerprint density at radius 1 is 1.42 bits per heavy atom. The van der Waals surface area contributed by atoms with Crippen molar-refractivity contribution < 1.29 is 4.74 Å². The van der Waals surface area contributed by atoms with Crippen LogP contribution in [0, 0.1) is 19.8 Å². The summed E-state index contributed by atoms with van der Waals surface area (Å²) < 4.78 is 7.72. The zero-order valence-electron chi connectivity index (χ0n) is 15.6. The Labute approximate surface area is 172 Å². The number of nitrogens with one attached hydrogen (secondary N) is 1. The quantitative estimate of drug-likeness (QED) is 0.401. The highest BCUT2D eigenvalue weighted by Gasteiger charge is 2.21. The Kier molecular flexibility index (Phi) is 7.31. The van der Waals surface area contributed by atoms with Crippen molar-refractivity contribution in [2.24, 2.45) is 16.6 Å². The molecular weight excluding hydrogens is 441 g/mol. The Balaban J connectivity index is 0.00000243. The molecule has 142 valence electrons. The normalized spacial score (nSPS) is 17.7. The minimum atomic E-state index is 0. The first-order valence-electron chi connectivity index (χ1n) is 8.82. The van der Waals surface area contributed by atoms with Crippen LogP contribution in [-0.4, -0.2) is 28.9 Å². The first-order valence-corrected chi connectivity index (χ1v) is 8.82. The van der Waals surface area contributed by atoms with Gasteiger partial charge < -0.3 is 15.8 Å². The van der Waals surface area contributed by atoms with Gasteiger partial charge in [-0.05, 0) is 31.9 Å². The number of aromatic nitrogens is 2. The standard InChI is InChI=1S/C19H27N5O.HI/c1-13(12-24-15(3)10-14(2)23-24)11-21-19(20)22-17-8-9-25-18-7-5-4-6-16(17)18;/h4-7,10,13,17H,8-9,11-12H2,1-3H3,(H3,20,21,22);1H. The van der Waals surface area contributed by atoms with Gasteiger partial charge in [0.2, 0.25) is 0 Å². The largest absolute Gasteiger partial charge is 0.493 e. The molecule has 2 heterocycles. The number of halogens is 1. The van der Waals surface area contributed by atoms with Crippen LogP contribution in [0.2, 0.25) is 0 Å². The van der Waals surface area contributed by atoms with Crippen molar-refractivity contribution in [1.29, 1.82) is 0 Å². The topological polar surface area (TPSA) is 77.5 Å². The van der Waals surface area contributed by atoms with E-state index in [-0.39, 0.29) is 30.0 Å². The first kappa shape index (κ1) is 20.5. The molecule has 26 heavy (non-hydrogen) atoms. The van der Waals surface area contributed by atoms with Gasteiger partial charge in [-0.2, -0.15) is 5.10 Å². The Morgan fingerprint density at radius 2 is 2.19 bits per heavy atom. The third-order valence-electron chi connectivity index (χ3n) is 4.44. The van der Waals surface area contributed by atoms with E-state index in [1.54, 1.807) is 0 Å². The number of ether oxygens (including phenoxy) is 1. The fraction of sp³-hybridized carbons (Fsp3) is 0.474. The lowest BCUT2D eigenvalue weighted by atomic mass is 10.0. The van der Waals surface area contributed by atoms with Gasteiger partial charge >= 0.3 is 0 Å². The van der Waals surface area contributed by atoms with Gasteiger partial charge in [-0.3, -0.25) is 9.67 Å². The maximum Gasteiger partial charge on any atom is 0.189 e. The van der Waals surface area contributed by atoms with Gasteiger partial charge in [0.25, 0.3) is 0 Å². The lowest BCUT2D eigenvalue weighted by Gasteiger charge is -2.27. The highest BCUT2D eigenvalue weighted by Crippen LogP contribution is 2.31. The van der Waals surface area contributed by atoms with E-state index in [1.807, 2.05) is 29.8 Å². The van der Waals surface area contributed by atoms with Crippen LogP contribution in [0.25, 0.3) is 0 Å². The van der Waals surface area contributed by atoms with E-state index in [0.717, 1.165) is 30.0 Å². The lowest BCUT2D eigenvalue weighted by molar-refractivity contribution is 0.262. The van der Waals surface area contributed by atoms with Crippen LogP contribution in [0.5, 0.6) is 5.75 Å². The molecule has 0 saturated carbocycles. The molecule has 3 rings (SSSR count). The Bertz CT molecular complexity index is 758. The van der Waals surface area contributed by atoms with Crippen LogP contribution < -0.4 is 15.8 Å². The second-order valence-electron chi connectivity index (χ2n) is 6.81. The molecule has 1 aromatic heterocycles. The van der Waals surface area contributed by atoms with E-state index in [4.69, 9.17) is 10.5 Å². The monoisotopic (exact) mass is 469 g/mol. The minimum absolute atomic E-state index is 0. The molecule has 2 unspecified atom stereocenters. The molecule has 0 bridgehead atoms. The van der Waals surface area contributed by atoms with Crippen LogP contribution in [0.15, 0.2) is 35.3 Å². The summed E-state index contributed by atoms with van der Waals surface area (Å²) in [6, 6.07) is 10.3. The SMILES string of the molecule is Cc1cc(C)n(CC(C)CN=C(N)NC2CCOc3ccccc32)n1.I.